The van der Waals surface area contributed by atoms with Gasteiger partial charge in [-0.25, -0.2) is 9.59 Å². The van der Waals surface area contributed by atoms with Gasteiger partial charge in [-0.15, -0.1) is 11.8 Å². The summed E-state index contributed by atoms with van der Waals surface area (Å²) in [6.07, 6.45) is 0. The molecule has 3 aromatic rings. The molecule has 0 spiro atoms. The van der Waals surface area contributed by atoms with Crippen molar-refractivity contribution in [1.29, 1.82) is 0 Å². The Kier molecular flexibility index (Phi) is 7.70. The first-order chi connectivity index (χ1) is 16.1. The van der Waals surface area contributed by atoms with Crippen LogP contribution in [0.4, 0.5) is 11.4 Å². The van der Waals surface area contributed by atoms with Crippen LogP contribution in [-0.2, 0) is 4.79 Å². The number of rotatable bonds is 8. The minimum atomic E-state index is -1.41. The van der Waals surface area contributed by atoms with Gasteiger partial charge in [0.2, 0.25) is 5.91 Å². The van der Waals surface area contributed by atoms with Gasteiger partial charge in [-0.05, 0) is 62.4 Å². The van der Waals surface area contributed by atoms with Crippen molar-refractivity contribution in [3.05, 3.63) is 89.0 Å². The van der Waals surface area contributed by atoms with Gasteiger partial charge in [0, 0.05) is 16.3 Å². The van der Waals surface area contributed by atoms with Gasteiger partial charge in [0.15, 0.2) is 0 Å². The molecule has 0 heterocycles. The van der Waals surface area contributed by atoms with Gasteiger partial charge in [-0.1, -0.05) is 23.8 Å². The molecule has 4 N–H and O–H groups in total. The van der Waals surface area contributed by atoms with Crippen LogP contribution in [-0.4, -0.2) is 39.2 Å². The lowest BCUT2D eigenvalue weighted by Gasteiger charge is -2.13. The van der Waals surface area contributed by atoms with Crippen molar-refractivity contribution in [2.45, 2.75) is 24.0 Å². The Morgan fingerprint density at radius 2 is 1.50 bits per heavy atom. The summed E-state index contributed by atoms with van der Waals surface area (Å²) in [6, 6.07) is 17.5. The van der Waals surface area contributed by atoms with Crippen molar-refractivity contribution in [3.8, 4) is 0 Å². The number of hydrogen-bond acceptors (Lipinski definition) is 5. The molecule has 0 radical (unpaired) electrons. The molecular formula is C25H22N2O6S. The number of amides is 2. The first-order valence-corrected chi connectivity index (χ1v) is 11.1. The molecule has 2 amide bonds. The quantitative estimate of drug-likeness (QED) is 0.343. The Morgan fingerprint density at radius 1 is 0.794 bits per heavy atom. The van der Waals surface area contributed by atoms with Crippen LogP contribution < -0.4 is 10.6 Å². The number of anilines is 2. The number of carbonyl (C=O) groups is 4. The summed E-state index contributed by atoms with van der Waals surface area (Å²) in [5.74, 6) is -3.57. The van der Waals surface area contributed by atoms with Gasteiger partial charge in [0.1, 0.15) is 0 Å². The molecule has 8 nitrogen and oxygen atoms in total. The van der Waals surface area contributed by atoms with E-state index in [1.165, 1.54) is 23.9 Å². The average molecular weight is 479 g/mol. The smallest absolute Gasteiger partial charge is 0.336 e. The predicted octanol–water partition coefficient (Wildman–Crippen LogP) is 4.76. The van der Waals surface area contributed by atoms with Crippen LogP contribution >= 0.6 is 11.8 Å². The van der Waals surface area contributed by atoms with Gasteiger partial charge in [0.25, 0.3) is 5.91 Å². The fraction of sp³-hybridized carbons (Fsp3) is 0.120. The highest BCUT2D eigenvalue weighted by atomic mass is 32.2. The topological polar surface area (TPSA) is 133 Å². The number of benzene rings is 3. The molecule has 0 aliphatic heterocycles. The summed E-state index contributed by atoms with van der Waals surface area (Å²) >= 11 is 1.30. The number of hydrogen-bond donors (Lipinski definition) is 4. The first kappa shape index (κ1) is 24.5. The minimum absolute atomic E-state index is 0.165. The number of nitrogens with one attached hydrogen (secondary N) is 2. The molecule has 1 atom stereocenters. The highest BCUT2D eigenvalue weighted by molar-refractivity contribution is 8.00. The van der Waals surface area contributed by atoms with E-state index in [9.17, 15) is 24.3 Å². The summed E-state index contributed by atoms with van der Waals surface area (Å²) < 4.78 is 0. The highest BCUT2D eigenvalue weighted by Crippen LogP contribution is 2.27. The normalized spacial score (nSPS) is 11.4. The van der Waals surface area contributed by atoms with Gasteiger partial charge >= 0.3 is 11.9 Å². The van der Waals surface area contributed by atoms with Crippen LogP contribution in [0.2, 0.25) is 0 Å². The summed E-state index contributed by atoms with van der Waals surface area (Å²) in [6.45, 7) is 3.73. The Labute approximate surface area is 200 Å². The maximum absolute atomic E-state index is 12.7. The molecule has 9 heteroatoms. The number of carboxylic acid groups (broad SMARTS) is 2. The van der Waals surface area contributed by atoms with Crippen LogP contribution in [0.15, 0.2) is 71.6 Å². The first-order valence-electron chi connectivity index (χ1n) is 10.2. The van der Waals surface area contributed by atoms with Crippen molar-refractivity contribution < 1.29 is 29.4 Å². The van der Waals surface area contributed by atoms with Gasteiger partial charge in [-0.3, -0.25) is 9.59 Å². The molecule has 174 valence electrons. The molecule has 3 rings (SSSR count). The maximum atomic E-state index is 12.7. The van der Waals surface area contributed by atoms with Gasteiger partial charge < -0.3 is 20.8 Å². The maximum Gasteiger partial charge on any atom is 0.336 e. The number of aryl methyl sites for hydroxylation is 1. The molecule has 1 unspecified atom stereocenters. The predicted molar refractivity (Wildman–Crippen MR) is 130 cm³/mol. The van der Waals surface area contributed by atoms with Crippen LogP contribution in [0.3, 0.4) is 0 Å². The van der Waals surface area contributed by atoms with Gasteiger partial charge in [-0.2, -0.15) is 0 Å². The zero-order chi connectivity index (χ0) is 24.8. The third kappa shape index (κ3) is 6.23. The molecule has 0 bridgehead atoms. The summed E-state index contributed by atoms with van der Waals surface area (Å²) in [7, 11) is 0. The van der Waals surface area contributed by atoms with Crippen LogP contribution in [0.1, 0.15) is 43.6 Å². The average Bonchev–Trinajstić information content (AvgIpc) is 2.80. The standard InChI is InChI=1S/C25H22N2O6S/c1-14-6-9-17(10-7-14)26-22(28)15(2)34-19-5-3-4-18(13-19)27-23(29)20-11-8-16(24(30)31)12-21(20)25(32)33/h3-13,15H,1-2H3,(H,26,28)(H,27,29)(H,30,31)(H,32,33). The van der Waals surface area contributed by atoms with Crippen LogP contribution in [0.25, 0.3) is 0 Å². The molecule has 0 saturated heterocycles. The number of aromatic carboxylic acids is 2. The second-order valence-corrected chi connectivity index (χ2v) is 8.88. The van der Waals surface area contributed by atoms with E-state index >= 15 is 0 Å². The van der Waals surface area contributed by atoms with E-state index in [1.54, 1.807) is 31.2 Å². The molecule has 0 saturated carbocycles. The summed E-state index contributed by atoms with van der Waals surface area (Å²) in [5, 5.41) is 23.5. The lowest BCUT2D eigenvalue weighted by atomic mass is 10.0. The van der Waals surface area contributed by atoms with Crippen molar-refractivity contribution in [3.63, 3.8) is 0 Å². The minimum Gasteiger partial charge on any atom is -0.478 e. The second-order valence-electron chi connectivity index (χ2n) is 7.47. The highest BCUT2D eigenvalue weighted by Gasteiger charge is 2.20. The zero-order valence-corrected chi connectivity index (χ0v) is 19.2. The molecule has 0 fully saturated rings. The van der Waals surface area contributed by atoms with Crippen LogP contribution in [0.5, 0.6) is 0 Å². The number of carbonyl (C=O) groups excluding carboxylic acids is 2. The Hall–Kier alpha value is -4.11. The third-order valence-electron chi connectivity index (χ3n) is 4.83. The van der Waals surface area contributed by atoms with E-state index in [1.807, 2.05) is 31.2 Å². The molecule has 0 aromatic heterocycles. The van der Waals surface area contributed by atoms with E-state index in [0.29, 0.717) is 11.4 Å². The molecule has 3 aromatic carbocycles. The van der Waals surface area contributed by atoms with E-state index in [2.05, 4.69) is 10.6 Å². The Morgan fingerprint density at radius 3 is 2.15 bits per heavy atom. The monoisotopic (exact) mass is 478 g/mol. The summed E-state index contributed by atoms with van der Waals surface area (Å²) in [4.78, 5) is 48.6. The Bertz CT molecular complexity index is 1260. The number of carboxylic acids is 2. The molecule has 0 aliphatic rings. The fourth-order valence-electron chi connectivity index (χ4n) is 3.04. The van der Waals surface area contributed by atoms with E-state index in [0.717, 1.165) is 16.5 Å². The van der Waals surface area contributed by atoms with Crippen molar-refractivity contribution in [2.75, 3.05) is 10.6 Å². The zero-order valence-electron chi connectivity index (χ0n) is 18.4. The summed E-state index contributed by atoms with van der Waals surface area (Å²) in [5.41, 5.74) is 1.38. The number of thioether (sulfide) groups is 1. The third-order valence-corrected chi connectivity index (χ3v) is 5.93. The van der Waals surface area contributed by atoms with Gasteiger partial charge in [0.05, 0.1) is 21.9 Å². The van der Waals surface area contributed by atoms with Crippen molar-refractivity contribution in [1.82, 2.24) is 0 Å². The molecular weight excluding hydrogens is 456 g/mol. The molecule has 34 heavy (non-hydrogen) atoms. The van der Waals surface area contributed by atoms with Crippen LogP contribution in [0, 0.1) is 6.92 Å². The van der Waals surface area contributed by atoms with Crippen molar-refractivity contribution in [2.24, 2.45) is 0 Å². The molecule has 0 aliphatic carbocycles. The lowest BCUT2D eigenvalue weighted by Crippen LogP contribution is -2.22. The van der Waals surface area contributed by atoms with E-state index in [-0.39, 0.29) is 17.0 Å². The fourth-order valence-corrected chi connectivity index (χ4v) is 3.96. The Balaban J connectivity index is 1.70. The van der Waals surface area contributed by atoms with E-state index in [4.69, 9.17) is 5.11 Å². The van der Waals surface area contributed by atoms with E-state index < -0.39 is 28.7 Å². The SMILES string of the molecule is Cc1ccc(NC(=O)C(C)Sc2cccc(NC(=O)c3ccc(C(=O)O)cc3C(=O)O)c2)cc1. The largest absolute Gasteiger partial charge is 0.478 e. The van der Waals surface area contributed by atoms with Crippen molar-refractivity contribution >= 4 is 46.9 Å². The second kappa shape index (κ2) is 10.7. The lowest BCUT2D eigenvalue weighted by molar-refractivity contribution is -0.115.